The van der Waals surface area contributed by atoms with Crippen molar-refractivity contribution >= 4 is 11.8 Å². The summed E-state index contributed by atoms with van der Waals surface area (Å²) in [5.74, 6) is 0.905. The van der Waals surface area contributed by atoms with Gasteiger partial charge >= 0.3 is 0 Å². The molecule has 0 N–H and O–H groups in total. The Morgan fingerprint density at radius 1 is 1.11 bits per heavy atom. The summed E-state index contributed by atoms with van der Waals surface area (Å²) in [6.45, 7) is 1.24. The third kappa shape index (κ3) is 6.34. The van der Waals surface area contributed by atoms with Gasteiger partial charge in [-0.1, -0.05) is 30.3 Å². The summed E-state index contributed by atoms with van der Waals surface area (Å²) in [7, 11) is 1.74. The molecule has 0 bridgehead atoms. The number of benzene rings is 2. The van der Waals surface area contributed by atoms with Gasteiger partial charge in [-0.15, -0.1) is 0 Å². The van der Waals surface area contributed by atoms with Gasteiger partial charge in [0, 0.05) is 38.4 Å². The van der Waals surface area contributed by atoms with Crippen molar-refractivity contribution in [2.45, 2.75) is 37.3 Å². The summed E-state index contributed by atoms with van der Waals surface area (Å²) >= 11 is 0. The fraction of sp³-hybridized carbons (Fsp3) is 0.379. The van der Waals surface area contributed by atoms with Gasteiger partial charge < -0.3 is 19.3 Å². The van der Waals surface area contributed by atoms with Gasteiger partial charge in [0.2, 0.25) is 5.91 Å². The number of halogens is 1. The maximum Gasteiger partial charge on any atom is 0.257 e. The second-order valence-corrected chi connectivity index (χ2v) is 10.0. The predicted octanol–water partition coefficient (Wildman–Crippen LogP) is 3.83. The highest BCUT2D eigenvalue weighted by Crippen LogP contribution is 2.37. The molecule has 1 saturated carbocycles. The standard InChI is InChI=1S/C29H31FN4O4/c1-33(18-21-5-3-2-4-6-21)26(35)15-29(20-37-25-11-9-24(30)10-12-25)19-34(13-14-38-29)28(36)23-16-31-27(32-17-23)22-7-8-22/h2-6,9-12,16-17,22H,7-8,13-15,18-20H2,1H3/t29-/m1/s1. The van der Waals surface area contributed by atoms with Crippen molar-refractivity contribution in [2.24, 2.45) is 0 Å². The number of carbonyl (C=O) groups is 2. The van der Waals surface area contributed by atoms with Crippen LogP contribution in [0.1, 0.15) is 46.9 Å². The Balaban J connectivity index is 1.32. The molecule has 9 heteroatoms. The predicted molar refractivity (Wildman–Crippen MR) is 138 cm³/mol. The first-order valence-corrected chi connectivity index (χ1v) is 12.8. The van der Waals surface area contributed by atoms with Crippen LogP contribution < -0.4 is 4.74 Å². The molecule has 38 heavy (non-hydrogen) atoms. The van der Waals surface area contributed by atoms with Gasteiger partial charge in [-0.05, 0) is 42.7 Å². The number of amides is 2. The second-order valence-electron chi connectivity index (χ2n) is 10.0. The minimum atomic E-state index is -1.08. The maximum atomic E-state index is 13.4. The van der Waals surface area contributed by atoms with E-state index in [9.17, 15) is 14.0 Å². The fourth-order valence-electron chi connectivity index (χ4n) is 4.55. The molecule has 1 aliphatic carbocycles. The number of morpholine rings is 1. The van der Waals surface area contributed by atoms with Gasteiger partial charge in [0.05, 0.1) is 25.1 Å². The molecule has 198 valence electrons. The first-order chi connectivity index (χ1) is 18.4. The van der Waals surface area contributed by atoms with Crippen LogP contribution in [0.5, 0.6) is 5.75 Å². The molecule has 1 aromatic heterocycles. The molecule has 3 aromatic rings. The van der Waals surface area contributed by atoms with Crippen LogP contribution >= 0.6 is 0 Å². The van der Waals surface area contributed by atoms with Gasteiger partial charge in [0.25, 0.3) is 5.91 Å². The molecule has 0 spiro atoms. The molecule has 2 heterocycles. The SMILES string of the molecule is CN(Cc1ccccc1)C(=O)C[C@]1(COc2ccc(F)cc2)CN(C(=O)c2cnc(C3CC3)nc2)CCO1. The number of rotatable bonds is 9. The monoisotopic (exact) mass is 518 g/mol. The average molecular weight is 519 g/mol. The summed E-state index contributed by atoms with van der Waals surface area (Å²) in [4.78, 5) is 38.8. The summed E-state index contributed by atoms with van der Waals surface area (Å²) < 4.78 is 25.5. The highest BCUT2D eigenvalue weighted by Gasteiger charge is 2.42. The average Bonchev–Trinajstić information content (AvgIpc) is 3.79. The number of hydrogen-bond acceptors (Lipinski definition) is 6. The van der Waals surface area contributed by atoms with Crippen molar-refractivity contribution in [1.29, 1.82) is 0 Å². The lowest BCUT2D eigenvalue weighted by molar-refractivity contribution is -0.152. The lowest BCUT2D eigenvalue weighted by Gasteiger charge is -2.42. The lowest BCUT2D eigenvalue weighted by Crippen LogP contribution is -2.58. The van der Waals surface area contributed by atoms with E-state index in [2.05, 4.69) is 9.97 Å². The van der Waals surface area contributed by atoms with Gasteiger partial charge in [-0.3, -0.25) is 9.59 Å². The molecule has 2 amide bonds. The number of aromatic nitrogens is 2. The molecule has 0 unspecified atom stereocenters. The Labute approximate surface area is 221 Å². The summed E-state index contributed by atoms with van der Waals surface area (Å²) in [6.07, 6.45) is 5.33. The quantitative estimate of drug-likeness (QED) is 0.428. The number of hydrogen-bond donors (Lipinski definition) is 0. The molecular formula is C29H31FN4O4. The fourth-order valence-corrected chi connectivity index (χ4v) is 4.55. The van der Waals surface area contributed by atoms with Crippen LogP contribution in [0.4, 0.5) is 4.39 Å². The molecule has 0 radical (unpaired) electrons. The third-order valence-electron chi connectivity index (χ3n) is 6.87. The van der Waals surface area contributed by atoms with Crippen LogP contribution in [-0.4, -0.2) is 70.5 Å². The van der Waals surface area contributed by atoms with E-state index in [1.54, 1.807) is 29.2 Å². The van der Waals surface area contributed by atoms with Gasteiger partial charge in [0.1, 0.15) is 29.6 Å². The maximum absolute atomic E-state index is 13.4. The zero-order valence-electron chi connectivity index (χ0n) is 21.4. The lowest BCUT2D eigenvalue weighted by atomic mass is 9.96. The molecule has 1 aliphatic heterocycles. The molecule has 1 atom stereocenters. The molecule has 2 aromatic carbocycles. The second kappa shape index (κ2) is 11.3. The minimum absolute atomic E-state index is 0.0123. The summed E-state index contributed by atoms with van der Waals surface area (Å²) in [5.41, 5.74) is 0.326. The van der Waals surface area contributed by atoms with Crippen LogP contribution in [0.3, 0.4) is 0 Å². The highest BCUT2D eigenvalue weighted by molar-refractivity contribution is 5.93. The van der Waals surface area contributed by atoms with Crippen molar-refractivity contribution in [3.63, 3.8) is 0 Å². The van der Waals surface area contributed by atoms with E-state index in [1.807, 2.05) is 30.3 Å². The van der Waals surface area contributed by atoms with Crippen LogP contribution in [0.2, 0.25) is 0 Å². The van der Waals surface area contributed by atoms with Crippen molar-refractivity contribution < 1.29 is 23.5 Å². The molecular weight excluding hydrogens is 487 g/mol. The van der Waals surface area contributed by atoms with E-state index in [4.69, 9.17) is 9.47 Å². The Morgan fingerprint density at radius 2 is 1.82 bits per heavy atom. The van der Waals surface area contributed by atoms with Crippen LogP contribution in [0, 0.1) is 5.82 Å². The van der Waals surface area contributed by atoms with Crippen LogP contribution in [0.25, 0.3) is 0 Å². The van der Waals surface area contributed by atoms with E-state index < -0.39 is 5.60 Å². The van der Waals surface area contributed by atoms with Crippen LogP contribution in [-0.2, 0) is 16.1 Å². The Hall–Kier alpha value is -3.85. The Bertz CT molecular complexity index is 1250. The smallest absolute Gasteiger partial charge is 0.257 e. The molecule has 1 saturated heterocycles. The molecule has 2 aliphatic rings. The Kier molecular flexibility index (Phi) is 7.64. The minimum Gasteiger partial charge on any atom is -0.490 e. The largest absolute Gasteiger partial charge is 0.490 e. The van der Waals surface area contributed by atoms with E-state index in [-0.39, 0.29) is 43.8 Å². The number of carbonyl (C=O) groups excluding carboxylic acids is 2. The zero-order valence-corrected chi connectivity index (χ0v) is 21.4. The summed E-state index contributed by atoms with van der Waals surface area (Å²) in [6, 6.07) is 15.4. The summed E-state index contributed by atoms with van der Waals surface area (Å²) in [5, 5.41) is 0. The van der Waals surface area contributed by atoms with Crippen molar-refractivity contribution in [1.82, 2.24) is 19.8 Å². The molecule has 5 rings (SSSR count). The third-order valence-corrected chi connectivity index (χ3v) is 6.87. The first-order valence-electron chi connectivity index (χ1n) is 12.8. The first kappa shape index (κ1) is 25.8. The van der Waals surface area contributed by atoms with Gasteiger partial charge in [-0.25, -0.2) is 14.4 Å². The van der Waals surface area contributed by atoms with Crippen LogP contribution in [0.15, 0.2) is 67.0 Å². The normalized spacial score (nSPS) is 19.2. The van der Waals surface area contributed by atoms with Crippen molar-refractivity contribution in [2.75, 3.05) is 33.4 Å². The van der Waals surface area contributed by atoms with Crippen molar-refractivity contribution in [3.05, 3.63) is 89.8 Å². The molecule has 8 nitrogen and oxygen atoms in total. The number of ether oxygens (including phenoxy) is 2. The van der Waals surface area contributed by atoms with E-state index >= 15 is 0 Å². The van der Waals surface area contributed by atoms with E-state index in [0.717, 1.165) is 24.2 Å². The Morgan fingerprint density at radius 3 is 2.50 bits per heavy atom. The topological polar surface area (TPSA) is 84.9 Å². The highest BCUT2D eigenvalue weighted by atomic mass is 19.1. The van der Waals surface area contributed by atoms with E-state index in [1.165, 1.54) is 24.3 Å². The number of nitrogens with zero attached hydrogens (tertiary/aromatic N) is 4. The van der Waals surface area contributed by atoms with Gasteiger partial charge in [0.15, 0.2) is 0 Å². The molecule has 2 fully saturated rings. The zero-order chi connectivity index (χ0) is 26.5. The van der Waals surface area contributed by atoms with Crippen molar-refractivity contribution in [3.8, 4) is 5.75 Å². The van der Waals surface area contributed by atoms with Gasteiger partial charge in [-0.2, -0.15) is 0 Å². The van der Waals surface area contributed by atoms with E-state index in [0.29, 0.717) is 30.3 Å².